The number of ether oxygens (including phenoxy) is 1. The number of aryl methyl sites for hydroxylation is 2. The summed E-state index contributed by atoms with van der Waals surface area (Å²) in [5.41, 5.74) is 1.78. The normalized spacial score (nSPS) is 10.3. The van der Waals surface area contributed by atoms with Gasteiger partial charge in [0.05, 0.1) is 22.0 Å². The maximum Gasteiger partial charge on any atom is 0.322 e. The summed E-state index contributed by atoms with van der Waals surface area (Å²) in [6, 6.07) is 14.7. The molecular weight excluding hydrogens is 348 g/mol. The predicted molar refractivity (Wildman–Crippen MR) is 99.1 cm³/mol. The number of carbonyl (C=O) groups is 1. The second kappa shape index (κ2) is 7.61. The summed E-state index contributed by atoms with van der Waals surface area (Å²) in [5, 5.41) is 13.4. The molecule has 0 saturated carbocycles. The van der Waals surface area contributed by atoms with Gasteiger partial charge in [0.25, 0.3) is 11.6 Å². The van der Waals surface area contributed by atoms with Gasteiger partial charge in [-0.15, -0.1) is 0 Å². The van der Waals surface area contributed by atoms with Gasteiger partial charge in [-0.1, -0.05) is 18.2 Å². The third-order valence-corrected chi connectivity index (χ3v) is 3.78. The molecule has 0 aliphatic rings. The minimum Gasteiger partial charge on any atom is -0.424 e. The Morgan fingerprint density at radius 2 is 1.59 bits per heavy atom. The Morgan fingerprint density at radius 1 is 1.00 bits per heavy atom. The molecule has 0 fully saturated rings. The van der Waals surface area contributed by atoms with Crippen LogP contribution in [0.1, 0.15) is 21.7 Å². The SMILES string of the molecule is Cc1nc(Oc2ccccc2)nc(C)c1NC(=O)c1ccc([N+](=O)[O-])cc1. The van der Waals surface area contributed by atoms with Crippen LogP contribution >= 0.6 is 0 Å². The van der Waals surface area contributed by atoms with Gasteiger partial charge in [0.15, 0.2) is 0 Å². The van der Waals surface area contributed by atoms with E-state index < -0.39 is 10.8 Å². The molecule has 1 amide bonds. The number of nitrogens with one attached hydrogen (secondary N) is 1. The zero-order chi connectivity index (χ0) is 19.4. The molecular formula is C19H16N4O4. The molecule has 1 N–H and O–H groups in total. The topological polar surface area (TPSA) is 107 Å². The van der Waals surface area contributed by atoms with E-state index >= 15 is 0 Å². The molecule has 136 valence electrons. The van der Waals surface area contributed by atoms with Crippen LogP contribution < -0.4 is 10.1 Å². The van der Waals surface area contributed by atoms with Crippen LogP contribution in [0.25, 0.3) is 0 Å². The highest BCUT2D eigenvalue weighted by atomic mass is 16.6. The van der Waals surface area contributed by atoms with Gasteiger partial charge in [0, 0.05) is 17.7 Å². The fourth-order valence-corrected chi connectivity index (χ4v) is 2.43. The van der Waals surface area contributed by atoms with Crippen molar-refractivity contribution in [2.75, 3.05) is 5.32 Å². The maximum absolute atomic E-state index is 12.4. The number of benzene rings is 2. The minimum absolute atomic E-state index is 0.0790. The average molecular weight is 364 g/mol. The van der Waals surface area contributed by atoms with Gasteiger partial charge in [-0.3, -0.25) is 14.9 Å². The fourth-order valence-electron chi connectivity index (χ4n) is 2.43. The first-order chi connectivity index (χ1) is 12.9. The predicted octanol–water partition coefficient (Wildman–Crippen LogP) is 4.05. The van der Waals surface area contributed by atoms with E-state index in [9.17, 15) is 14.9 Å². The largest absolute Gasteiger partial charge is 0.424 e. The standard InChI is InChI=1S/C19H16N4O4/c1-12-17(22-18(24)14-8-10-15(11-9-14)23(25)26)13(2)21-19(20-12)27-16-6-4-3-5-7-16/h3-11H,1-2H3,(H,22,24). The number of nitro groups is 1. The molecule has 8 nitrogen and oxygen atoms in total. The number of hydrogen-bond acceptors (Lipinski definition) is 6. The first-order valence-corrected chi connectivity index (χ1v) is 8.08. The van der Waals surface area contributed by atoms with Gasteiger partial charge in [-0.2, -0.15) is 9.97 Å². The molecule has 3 aromatic rings. The highest BCUT2D eigenvalue weighted by Gasteiger charge is 2.15. The first kappa shape index (κ1) is 18.0. The van der Waals surface area contributed by atoms with Crippen LogP contribution in [0.3, 0.4) is 0 Å². The Kier molecular flexibility index (Phi) is 5.07. The summed E-state index contributed by atoms with van der Waals surface area (Å²) < 4.78 is 5.62. The number of non-ortho nitro benzene ring substituents is 1. The van der Waals surface area contributed by atoms with E-state index in [2.05, 4.69) is 15.3 Å². The summed E-state index contributed by atoms with van der Waals surface area (Å²) in [7, 11) is 0. The molecule has 0 radical (unpaired) electrons. The van der Waals surface area contributed by atoms with E-state index in [0.717, 1.165) is 0 Å². The van der Waals surface area contributed by atoms with Crippen LogP contribution in [0.5, 0.6) is 11.8 Å². The third kappa shape index (κ3) is 4.24. The monoisotopic (exact) mass is 364 g/mol. The minimum atomic E-state index is -0.519. The van der Waals surface area contributed by atoms with Crippen LogP contribution in [0.15, 0.2) is 54.6 Å². The van der Waals surface area contributed by atoms with Gasteiger partial charge in [-0.25, -0.2) is 0 Å². The molecule has 8 heteroatoms. The summed E-state index contributed by atoms with van der Waals surface area (Å²) >= 11 is 0. The van der Waals surface area contributed by atoms with E-state index in [1.165, 1.54) is 24.3 Å². The highest BCUT2D eigenvalue weighted by Crippen LogP contribution is 2.24. The Morgan fingerprint density at radius 3 is 2.15 bits per heavy atom. The Hall–Kier alpha value is -3.81. The number of carbonyl (C=O) groups excluding carboxylic acids is 1. The van der Waals surface area contributed by atoms with Crippen molar-refractivity contribution in [1.82, 2.24) is 9.97 Å². The van der Waals surface area contributed by atoms with Crippen molar-refractivity contribution in [1.29, 1.82) is 0 Å². The smallest absolute Gasteiger partial charge is 0.322 e. The number of anilines is 1. The van der Waals surface area contributed by atoms with Crippen molar-refractivity contribution in [2.24, 2.45) is 0 Å². The zero-order valence-corrected chi connectivity index (χ0v) is 14.7. The van der Waals surface area contributed by atoms with Crippen molar-refractivity contribution < 1.29 is 14.5 Å². The molecule has 0 atom stereocenters. The molecule has 0 aliphatic carbocycles. The highest BCUT2D eigenvalue weighted by molar-refractivity contribution is 6.04. The quantitative estimate of drug-likeness (QED) is 0.541. The van der Waals surface area contributed by atoms with Crippen LogP contribution in [-0.2, 0) is 0 Å². The Labute approximate surface area is 155 Å². The second-order valence-corrected chi connectivity index (χ2v) is 5.73. The van der Waals surface area contributed by atoms with E-state index in [0.29, 0.717) is 28.4 Å². The van der Waals surface area contributed by atoms with Crippen LogP contribution in [0.2, 0.25) is 0 Å². The van der Waals surface area contributed by atoms with Crippen molar-refractivity contribution >= 4 is 17.3 Å². The van der Waals surface area contributed by atoms with Gasteiger partial charge in [-0.05, 0) is 38.1 Å². The average Bonchev–Trinajstić information content (AvgIpc) is 2.65. The molecule has 0 saturated heterocycles. The first-order valence-electron chi connectivity index (χ1n) is 8.08. The van der Waals surface area contributed by atoms with Gasteiger partial charge in [0.1, 0.15) is 5.75 Å². The second-order valence-electron chi connectivity index (χ2n) is 5.73. The number of aromatic nitrogens is 2. The molecule has 1 heterocycles. The summed E-state index contributed by atoms with van der Waals surface area (Å²) in [5.74, 6) is 0.204. The fraction of sp³-hybridized carbons (Fsp3) is 0.105. The lowest BCUT2D eigenvalue weighted by Crippen LogP contribution is -2.15. The van der Waals surface area contributed by atoms with Crippen LogP contribution in [0, 0.1) is 24.0 Å². The van der Waals surface area contributed by atoms with E-state index in [4.69, 9.17) is 4.74 Å². The lowest BCUT2D eigenvalue weighted by Gasteiger charge is -2.12. The number of nitro benzene ring substituents is 1. The summed E-state index contributed by atoms with van der Waals surface area (Å²) in [4.78, 5) is 31.1. The van der Waals surface area contributed by atoms with E-state index in [1.54, 1.807) is 26.0 Å². The van der Waals surface area contributed by atoms with Crippen LogP contribution in [0.4, 0.5) is 11.4 Å². The summed E-state index contributed by atoms with van der Waals surface area (Å²) in [6.07, 6.45) is 0. The van der Waals surface area contributed by atoms with E-state index in [-0.39, 0.29) is 11.7 Å². The number of rotatable bonds is 5. The van der Waals surface area contributed by atoms with Crippen molar-refractivity contribution in [2.45, 2.75) is 13.8 Å². The molecule has 0 spiro atoms. The van der Waals surface area contributed by atoms with Crippen molar-refractivity contribution in [3.05, 3.63) is 81.7 Å². The van der Waals surface area contributed by atoms with E-state index in [1.807, 2.05) is 18.2 Å². The number of para-hydroxylation sites is 1. The van der Waals surface area contributed by atoms with Crippen LogP contribution in [-0.4, -0.2) is 20.8 Å². The number of amides is 1. The molecule has 0 aliphatic heterocycles. The number of nitrogens with zero attached hydrogens (tertiary/aromatic N) is 3. The van der Waals surface area contributed by atoms with Gasteiger partial charge < -0.3 is 10.1 Å². The molecule has 0 bridgehead atoms. The lowest BCUT2D eigenvalue weighted by atomic mass is 10.2. The summed E-state index contributed by atoms with van der Waals surface area (Å²) in [6.45, 7) is 3.47. The Balaban J connectivity index is 1.78. The van der Waals surface area contributed by atoms with Crippen molar-refractivity contribution in [3.63, 3.8) is 0 Å². The maximum atomic E-state index is 12.4. The molecule has 3 rings (SSSR count). The van der Waals surface area contributed by atoms with Gasteiger partial charge in [0.2, 0.25) is 0 Å². The molecule has 2 aromatic carbocycles. The lowest BCUT2D eigenvalue weighted by molar-refractivity contribution is -0.384. The Bertz CT molecular complexity index is 965. The van der Waals surface area contributed by atoms with Gasteiger partial charge >= 0.3 is 6.01 Å². The molecule has 27 heavy (non-hydrogen) atoms. The molecule has 0 unspecified atom stereocenters. The molecule has 1 aromatic heterocycles. The third-order valence-electron chi connectivity index (χ3n) is 3.78. The number of hydrogen-bond donors (Lipinski definition) is 1. The van der Waals surface area contributed by atoms with Crippen molar-refractivity contribution in [3.8, 4) is 11.8 Å². The zero-order valence-electron chi connectivity index (χ0n) is 14.7.